The van der Waals surface area contributed by atoms with Crippen molar-refractivity contribution >= 4 is 46.0 Å². The first-order valence-corrected chi connectivity index (χ1v) is 7.74. The minimum absolute atomic E-state index is 0.260. The van der Waals surface area contributed by atoms with Gasteiger partial charge in [-0.05, 0) is 43.3 Å². The Morgan fingerprint density at radius 1 is 1.27 bits per heavy atom. The van der Waals surface area contributed by atoms with Crippen LogP contribution >= 0.6 is 24.0 Å². The van der Waals surface area contributed by atoms with E-state index in [1.165, 1.54) is 28.8 Å². The molecular formula is C16H11FN2OS2. The van der Waals surface area contributed by atoms with Crippen LogP contribution in [0.1, 0.15) is 11.4 Å². The predicted octanol–water partition coefficient (Wildman–Crippen LogP) is 3.93. The molecular weight excluding hydrogens is 319 g/mol. The summed E-state index contributed by atoms with van der Waals surface area (Å²) >= 11 is 6.44. The lowest BCUT2D eigenvalue weighted by atomic mass is 10.2. The smallest absolute Gasteiger partial charge is 0.268 e. The van der Waals surface area contributed by atoms with Crippen molar-refractivity contribution in [2.75, 3.05) is 4.90 Å². The van der Waals surface area contributed by atoms with E-state index in [0.717, 1.165) is 5.69 Å². The number of thiocarbonyl (C=S) groups is 1. The van der Waals surface area contributed by atoms with E-state index in [0.29, 0.717) is 20.6 Å². The number of amides is 1. The fraction of sp³-hybridized carbons (Fsp3) is 0.0625. The largest absolute Gasteiger partial charge is 0.270 e. The van der Waals surface area contributed by atoms with E-state index in [1.807, 2.05) is 25.1 Å². The van der Waals surface area contributed by atoms with Gasteiger partial charge in [-0.1, -0.05) is 36.1 Å². The SMILES string of the molecule is Cc1cccc(/C=C2\SC(=S)N(c3cccc(F)c3)C2=O)n1. The summed E-state index contributed by atoms with van der Waals surface area (Å²) in [6.45, 7) is 1.88. The summed E-state index contributed by atoms with van der Waals surface area (Å²) < 4.78 is 13.7. The molecule has 1 amide bonds. The van der Waals surface area contributed by atoms with Crippen LogP contribution in [-0.4, -0.2) is 15.2 Å². The number of hydrogen-bond acceptors (Lipinski definition) is 4. The minimum Gasteiger partial charge on any atom is -0.268 e. The molecule has 3 rings (SSSR count). The number of halogens is 1. The molecule has 0 N–H and O–H groups in total. The Balaban J connectivity index is 1.95. The van der Waals surface area contributed by atoms with Gasteiger partial charge in [0.1, 0.15) is 5.82 Å². The molecule has 0 unspecified atom stereocenters. The van der Waals surface area contributed by atoms with E-state index in [-0.39, 0.29) is 5.91 Å². The molecule has 0 atom stereocenters. The zero-order chi connectivity index (χ0) is 15.7. The van der Waals surface area contributed by atoms with Crippen molar-refractivity contribution in [3.8, 4) is 0 Å². The Kier molecular flexibility index (Phi) is 4.04. The summed E-state index contributed by atoms with van der Waals surface area (Å²) in [5, 5.41) is 0. The van der Waals surface area contributed by atoms with Gasteiger partial charge in [0.2, 0.25) is 0 Å². The average molecular weight is 330 g/mol. The van der Waals surface area contributed by atoms with E-state index >= 15 is 0 Å². The van der Waals surface area contributed by atoms with Crippen LogP contribution in [-0.2, 0) is 4.79 Å². The van der Waals surface area contributed by atoms with Crippen LogP contribution in [0, 0.1) is 12.7 Å². The number of aryl methyl sites for hydroxylation is 1. The molecule has 1 aliphatic rings. The number of nitrogens with zero attached hydrogens (tertiary/aromatic N) is 2. The van der Waals surface area contributed by atoms with Crippen LogP contribution in [0.2, 0.25) is 0 Å². The van der Waals surface area contributed by atoms with Crippen molar-refractivity contribution in [3.63, 3.8) is 0 Å². The Morgan fingerprint density at radius 3 is 2.77 bits per heavy atom. The van der Waals surface area contributed by atoms with Gasteiger partial charge in [0.25, 0.3) is 5.91 Å². The van der Waals surface area contributed by atoms with E-state index in [1.54, 1.807) is 18.2 Å². The molecule has 110 valence electrons. The second-order valence-electron chi connectivity index (χ2n) is 4.70. The van der Waals surface area contributed by atoms with E-state index < -0.39 is 5.82 Å². The fourth-order valence-corrected chi connectivity index (χ4v) is 3.37. The predicted molar refractivity (Wildman–Crippen MR) is 91.0 cm³/mol. The van der Waals surface area contributed by atoms with Gasteiger partial charge >= 0.3 is 0 Å². The van der Waals surface area contributed by atoms with Crippen molar-refractivity contribution in [2.24, 2.45) is 0 Å². The van der Waals surface area contributed by atoms with E-state index in [9.17, 15) is 9.18 Å². The van der Waals surface area contributed by atoms with Gasteiger partial charge < -0.3 is 0 Å². The first kappa shape index (κ1) is 14.9. The first-order valence-electron chi connectivity index (χ1n) is 6.52. The van der Waals surface area contributed by atoms with Crippen molar-refractivity contribution in [2.45, 2.75) is 6.92 Å². The van der Waals surface area contributed by atoms with E-state index in [4.69, 9.17) is 12.2 Å². The zero-order valence-electron chi connectivity index (χ0n) is 11.6. The van der Waals surface area contributed by atoms with Gasteiger partial charge in [-0.3, -0.25) is 14.7 Å². The quantitative estimate of drug-likeness (QED) is 0.617. The van der Waals surface area contributed by atoms with Crippen molar-refractivity contribution < 1.29 is 9.18 Å². The molecule has 1 aromatic carbocycles. The highest BCUT2D eigenvalue weighted by Crippen LogP contribution is 2.35. The molecule has 22 heavy (non-hydrogen) atoms. The molecule has 0 saturated carbocycles. The highest BCUT2D eigenvalue weighted by molar-refractivity contribution is 8.27. The second kappa shape index (κ2) is 5.98. The van der Waals surface area contributed by atoms with Crippen molar-refractivity contribution in [1.29, 1.82) is 0 Å². The third-order valence-electron chi connectivity index (χ3n) is 3.05. The Morgan fingerprint density at radius 2 is 2.05 bits per heavy atom. The summed E-state index contributed by atoms with van der Waals surface area (Å²) in [7, 11) is 0. The standard InChI is InChI=1S/C16H11FN2OS2/c1-10-4-2-6-12(18-10)9-14-15(20)19(16(21)22-14)13-7-3-5-11(17)8-13/h2-9H,1H3/b14-9-. The van der Waals surface area contributed by atoms with Crippen LogP contribution in [0.4, 0.5) is 10.1 Å². The van der Waals surface area contributed by atoms with Gasteiger partial charge in [-0.15, -0.1) is 0 Å². The number of pyridine rings is 1. The molecule has 1 saturated heterocycles. The normalized spacial score (nSPS) is 16.6. The van der Waals surface area contributed by atoms with Crippen LogP contribution in [0.15, 0.2) is 47.4 Å². The number of thioether (sulfide) groups is 1. The van der Waals surface area contributed by atoms with Gasteiger partial charge in [-0.2, -0.15) is 0 Å². The summed E-state index contributed by atoms with van der Waals surface area (Å²) in [6, 6.07) is 11.4. The third kappa shape index (κ3) is 2.93. The number of benzene rings is 1. The monoisotopic (exact) mass is 330 g/mol. The van der Waals surface area contributed by atoms with Gasteiger partial charge in [0, 0.05) is 5.69 Å². The maximum atomic E-state index is 13.4. The fourth-order valence-electron chi connectivity index (χ4n) is 2.08. The lowest BCUT2D eigenvalue weighted by molar-refractivity contribution is -0.113. The molecule has 6 heteroatoms. The molecule has 1 fully saturated rings. The van der Waals surface area contributed by atoms with Crippen LogP contribution < -0.4 is 4.90 Å². The number of anilines is 1. The summed E-state index contributed by atoms with van der Waals surface area (Å²) in [4.78, 5) is 18.7. The molecule has 0 aliphatic carbocycles. The molecule has 2 aromatic rings. The van der Waals surface area contributed by atoms with Gasteiger partial charge in [-0.25, -0.2) is 4.39 Å². The molecule has 0 radical (unpaired) electrons. The highest BCUT2D eigenvalue weighted by Gasteiger charge is 2.33. The molecule has 0 bridgehead atoms. The van der Waals surface area contributed by atoms with Crippen LogP contribution in [0.3, 0.4) is 0 Å². The molecule has 1 aliphatic heterocycles. The lowest BCUT2D eigenvalue weighted by Gasteiger charge is -2.14. The lowest BCUT2D eigenvalue weighted by Crippen LogP contribution is -2.27. The Labute approximate surface area is 136 Å². The number of carbonyl (C=O) groups is 1. The van der Waals surface area contributed by atoms with Crippen LogP contribution in [0.5, 0.6) is 0 Å². The summed E-state index contributed by atoms with van der Waals surface area (Å²) in [6.07, 6.45) is 1.70. The van der Waals surface area contributed by atoms with Crippen molar-refractivity contribution in [1.82, 2.24) is 4.98 Å². The maximum absolute atomic E-state index is 13.4. The molecule has 2 heterocycles. The Hall–Kier alpha value is -2.05. The summed E-state index contributed by atoms with van der Waals surface area (Å²) in [5.74, 6) is -0.667. The topological polar surface area (TPSA) is 33.2 Å². The number of rotatable bonds is 2. The third-order valence-corrected chi connectivity index (χ3v) is 4.35. The number of carbonyl (C=O) groups excluding carboxylic acids is 1. The second-order valence-corrected chi connectivity index (χ2v) is 6.38. The molecule has 3 nitrogen and oxygen atoms in total. The van der Waals surface area contributed by atoms with Crippen molar-refractivity contribution in [3.05, 3.63) is 64.6 Å². The van der Waals surface area contributed by atoms with Gasteiger partial charge in [0.15, 0.2) is 4.32 Å². The zero-order valence-corrected chi connectivity index (χ0v) is 13.2. The number of aromatic nitrogens is 1. The molecule has 0 spiro atoms. The van der Waals surface area contributed by atoms with E-state index in [2.05, 4.69) is 4.98 Å². The maximum Gasteiger partial charge on any atom is 0.270 e. The average Bonchev–Trinajstić information content (AvgIpc) is 2.73. The molecule has 1 aromatic heterocycles. The number of hydrogen-bond donors (Lipinski definition) is 0. The Bertz CT molecular complexity index is 804. The summed E-state index contributed by atoms with van der Waals surface area (Å²) in [5.41, 5.74) is 2.00. The highest BCUT2D eigenvalue weighted by atomic mass is 32.2. The van der Waals surface area contributed by atoms with Gasteiger partial charge in [0.05, 0.1) is 16.3 Å². The minimum atomic E-state index is -0.407. The van der Waals surface area contributed by atoms with Crippen LogP contribution in [0.25, 0.3) is 6.08 Å². The first-order chi connectivity index (χ1) is 10.5.